The minimum atomic E-state index is -0.163. The van der Waals surface area contributed by atoms with E-state index in [0.29, 0.717) is 12.0 Å². The van der Waals surface area contributed by atoms with E-state index in [1.54, 1.807) is 0 Å². The summed E-state index contributed by atoms with van der Waals surface area (Å²) in [4.78, 5) is 11.3. The lowest BCUT2D eigenvalue weighted by Crippen LogP contribution is -2.47. The van der Waals surface area contributed by atoms with Crippen molar-refractivity contribution in [2.24, 2.45) is 0 Å². The molecule has 3 heteroatoms. The first-order valence-electron chi connectivity index (χ1n) is 6.74. The van der Waals surface area contributed by atoms with Crippen molar-refractivity contribution in [2.75, 3.05) is 0 Å². The average molecular weight is 245 g/mol. The van der Waals surface area contributed by atoms with Crippen LogP contribution >= 0.6 is 0 Å². The van der Waals surface area contributed by atoms with Crippen LogP contribution in [0, 0.1) is 0 Å². The third-order valence-electron chi connectivity index (χ3n) is 4.12. The van der Waals surface area contributed by atoms with Gasteiger partial charge in [-0.1, -0.05) is 24.3 Å². The van der Waals surface area contributed by atoms with Crippen molar-refractivity contribution in [3.05, 3.63) is 35.4 Å². The third-order valence-corrected chi connectivity index (χ3v) is 4.12. The van der Waals surface area contributed by atoms with Crippen LogP contribution in [-0.2, 0) is 16.1 Å². The van der Waals surface area contributed by atoms with Crippen LogP contribution < -0.4 is 5.32 Å². The molecule has 3 rings (SSSR count). The number of carbonyl (C=O) groups is 1. The summed E-state index contributed by atoms with van der Waals surface area (Å²) in [6, 6.07) is 8.97. The molecule has 3 atom stereocenters. The molecule has 0 bridgehead atoms. The van der Waals surface area contributed by atoms with Crippen LogP contribution in [0.2, 0.25) is 0 Å². The molecule has 1 aliphatic carbocycles. The highest BCUT2D eigenvalue weighted by atomic mass is 16.5. The molecule has 0 spiro atoms. The molecule has 1 N–H and O–H groups in total. The molecule has 1 fully saturated rings. The second-order valence-electron chi connectivity index (χ2n) is 5.29. The molecule has 0 saturated heterocycles. The summed E-state index contributed by atoms with van der Waals surface area (Å²) < 4.78 is 5.54. The maximum Gasteiger partial charge on any atom is 0.302 e. The normalized spacial score (nSPS) is 30.2. The van der Waals surface area contributed by atoms with E-state index in [4.69, 9.17) is 4.74 Å². The number of hydrogen-bond donors (Lipinski definition) is 1. The van der Waals surface area contributed by atoms with Crippen LogP contribution in [0.3, 0.4) is 0 Å². The molecule has 0 aromatic heterocycles. The van der Waals surface area contributed by atoms with Gasteiger partial charge in [-0.15, -0.1) is 0 Å². The molecule has 0 radical (unpaired) electrons. The lowest BCUT2D eigenvalue weighted by Gasteiger charge is -2.42. The van der Waals surface area contributed by atoms with Crippen LogP contribution in [0.15, 0.2) is 24.3 Å². The lowest BCUT2D eigenvalue weighted by atomic mass is 9.74. The number of ether oxygens (including phenoxy) is 1. The Morgan fingerprint density at radius 3 is 3.00 bits per heavy atom. The largest absolute Gasteiger partial charge is 0.462 e. The fraction of sp³-hybridized carbons (Fsp3) is 0.533. The fourth-order valence-corrected chi connectivity index (χ4v) is 3.41. The van der Waals surface area contributed by atoms with Gasteiger partial charge in [0.15, 0.2) is 0 Å². The summed E-state index contributed by atoms with van der Waals surface area (Å²) in [5, 5.41) is 3.59. The highest BCUT2D eigenvalue weighted by Crippen LogP contribution is 2.39. The van der Waals surface area contributed by atoms with E-state index in [1.807, 2.05) is 0 Å². The summed E-state index contributed by atoms with van der Waals surface area (Å²) >= 11 is 0. The summed E-state index contributed by atoms with van der Waals surface area (Å²) in [7, 11) is 0. The molecular formula is C15H19NO2. The van der Waals surface area contributed by atoms with E-state index in [0.717, 1.165) is 19.4 Å². The van der Waals surface area contributed by atoms with Gasteiger partial charge in [-0.25, -0.2) is 0 Å². The Balaban J connectivity index is 1.94. The van der Waals surface area contributed by atoms with Gasteiger partial charge in [-0.2, -0.15) is 0 Å². The summed E-state index contributed by atoms with van der Waals surface area (Å²) in [5.74, 6) is 0.163. The Bertz CT molecular complexity index is 458. The summed E-state index contributed by atoms with van der Waals surface area (Å²) in [6.45, 7) is 2.44. The number of benzene rings is 1. The number of hydrogen-bond acceptors (Lipinski definition) is 3. The van der Waals surface area contributed by atoms with Crippen LogP contribution in [0.1, 0.15) is 43.2 Å². The van der Waals surface area contributed by atoms with E-state index in [2.05, 4.69) is 29.6 Å². The van der Waals surface area contributed by atoms with E-state index >= 15 is 0 Å². The number of carbonyl (C=O) groups excluding carboxylic acids is 1. The van der Waals surface area contributed by atoms with Gasteiger partial charge >= 0.3 is 5.97 Å². The zero-order valence-corrected chi connectivity index (χ0v) is 10.7. The molecule has 1 aliphatic heterocycles. The monoisotopic (exact) mass is 245 g/mol. The SMILES string of the molecule is CC(=O)OC1CCCC2NCc3ccccc3C21. The zero-order valence-electron chi connectivity index (χ0n) is 10.7. The summed E-state index contributed by atoms with van der Waals surface area (Å²) in [5.41, 5.74) is 2.71. The van der Waals surface area contributed by atoms with E-state index < -0.39 is 0 Å². The van der Waals surface area contributed by atoms with Gasteiger partial charge in [0.2, 0.25) is 0 Å². The first-order valence-corrected chi connectivity index (χ1v) is 6.74. The second kappa shape index (κ2) is 4.73. The quantitative estimate of drug-likeness (QED) is 0.772. The Morgan fingerprint density at radius 2 is 2.17 bits per heavy atom. The Kier molecular flexibility index (Phi) is 3.08. The maximum absolute atomic E-state index is 11.3. The van der Waals surface area contributed by atoms with Gasteiger partial charge < -0.3 is 10.1 Å². The van der Waals surface area contributed by atoms with Crippen molar-refractivity contribution in [1.29, 1.82) is 0 Å². The van der Waals surface area contributed by atoms with Crippen molar-refractivity contribution < 1.29 is 9.53 Å². The van der Waals surface area contributed by atoms with Crippen LogP contribution in [0.25, 0.3) is 0 Å². The zero-order chi connectivity index (χ0) is 12.5. The van der Waals surface area contributed by atoms with Crippen molar-refractivity contribution in [3.8, 4) is 0 Å². The van der Waals surface area contributed by atoms with Gasteiger partial charge in [-0.05, 0) is 30.4 Å². The van der Waals surface area contributed by atoms with Gasteiger partial charge in [0.25, 0.3) is 0 Å². The number of rotatable bonds is 1. The van der Waals surface area contributed by atoms with E-state index in [1.165, 1.54) is 24.5 Å². The predicted octanol–water partition coefficient (Wildman–Crippen LogP) is 2.36. The minimum absolute atomic E-state index is 0.0372. The molecule has 1 aromatic carbocycles. The van der Waals surface area contributed by atoms with Crippen LogP contribution in [-0.4, -0.2) is 18.1 Å². The first-order chi connectivity index (χ1) is 8.75. The van der Waals surface area contributed by atoms with Gasteiger partial charge in [0.05, 0.1) is 0 Å². The molecule has 1 saturated carbocycles. The minimum Gasteiger partial charge on any atom is -0.462 e. The molecule has 2 aliphatic rings. The third kappa shape index (κ3) is 2.03. The van der Waals surface area contributed by atoms with Gasteiger partial charge in [0, 0.05) is 25.4 Å². The van der Waals surface area contributed by atoms with Crippen molar-refractivity contribution >= 4 is 5.97 Å². The highest BCUT2D eigenvalue weighted by molar-refractivity contribution is 5.66. The van der Waals surface area contributed by atoms with E-state index in [9.17, 15) is 4.79 Å². The molecule has 1 heterocycles. The Hall–Kier alpha value is -1.35. The molecule has 18 heavy (non-hydrogen) atoms. The average Bonchev–Trinajstić information content (AvgIpc) is 2.38. The highest BCUT2D eigenvalue weighted by Gasteiger charge is 2.39. The number of fused-ring (bicyclic) bond motifs is 3. The van der Waals surface area contributed by atoms with Crippen molar-refractivity contribution in [3.63, 3.8) is 0 Å². The Morgan fingerprint density at radius 1 is 1.33 bits per heavy atom. The van der Waals surface area contributed by atoms with E-state index in [-0.39, 0.29) is 12.1 Å². The van der Waals surface area contributed by atoms with Gasteiger partial charge in [0.1, 0.15) is 6.10 Å². The van der Waals surface area contributed by atoms with Gasteiger partial charge in [-0.3, -0.25) is 4.79 Å². The Labute approximate surface area is 108 Å². The van der Waals surface area contributed by atoms with Crippen molar-refractivity contribution in [1.82, 2.24) is 5.32 Å². The van der Waals surface area contributed by atoms with Crippen LogP contribution in [0.5, 0.6) is 0 Å². The first kappa shape index (κ1) is 11.7. The molecule has 96 valence electrons. The lowest BCUT2D eigenvalue weighted by molar-refractivity contribution is -0.149. The molecule has 1 aromatic rings. The van der Waals surface area contributed by atoms with Crippen LogP contribution in [0.4, 0.5) is 0 Å². The molecule has 3 nitrogen and oxygen atoms in total. The van der Waals surface area contributed by atoms with Crippen molar-refractivity contribution in [2.45, 2.75) is 50.8 Å². The molecule has 3 unspecified atom stereocenters. The summed E-state index contributed by atoms with van der Waals surface area (Å²) in [6.07, 6.45) is 3.33. The topological polar surface area (TPSA) is 38.3 Å². The number of nitrogens with one attached hydrogen (secondary N) is 1. The number of esters is 1. The smallest absolute Gasteiger partial charge is 0.302 e. The molecule has 0 amide bonds. The molecular weight excluding hydrogens is 226 g/mol. The second-order valence-corrected chi connectivity index (χ2v) is 5.29. The predicted molar refractivity (Wildman–Crippen MR) is 69.2 cm³/mol. The maximum atomic E-state index is 11.3. The fourth-order valence-electron chi connectivity index (χ4n) is 3.41. The standard InChI is InChI=1S/C15H19NO2/c1-10(17)18-14-8-4-7-13-15(14)12-6-3-2-5-11(12)9-16-13/h2-3,5-6,13-16H,4,7-9H2,1H3.